The molecule has 0 atom stereocenters. The van der Waals surface area contributed by atoms with Crippen LogP contribution in [0.15, 0.2) is 28.7 Å². The first-order valence-electron chi connectivity index (χ1n) is 5.44. The van der Waals surface area contributed by atoms with Crippen molar-refractivity contribution in [1.82, 2.24) is 10.2 Å². The van der Waals surface area contributed by atoms with Crippen molar-refractivity contribution in [3.05, 3.63) is 51.4 Å². The van der Waals surface area contributed by atoms with Crippen molar-refractivity contribution in [3.63, 3.8) is 0 Å². The van der Waals surface area contributed by atoms with Crippen molar-refractivity contribution >= 4 is 15.9 Å². The fraction of sp³-hybridized carbons (Fsp3) is 0.231. The minimum Gasteiger partial charge on any atom is -0.472 e. The van der Waals surface area contributed by atoms with Gasteiger partial charge in [0.05, 0.1) is 5.69 Å². The van der Waals surface area contributed by atoms with Crippen LogP contribution < -0.4 is 4.74 Å². The lowest BCUT2D eigenvalue weighted by atomic mass is 10.2. The molecule has 2 aromatic rings. The van der Waals surface area contributed by atoms with Crippen molar-refractivity contribution in [2.24, 2.45) is 0 Å². The van der Waals surface area contributed by atoms with E-state index in [1.165, 1.54) is 6.07 Å². The highest BCUT2D eigenvalue weighted by Gasteiger charge is 2.05. The number of hydrogen-bond donors (Lipinski definition) is 0. The number of hydrogen-bond acceptors (Lipinski definition) is 3. The molecule has 0 aliphatic rings. The summed E-state index contributed by atoms with van der Waals surface area (Å²) >= 11 is 3.21. The van der Waals surface area contributed by atoms with Crippen LogP contribution in [0.25, 0.3) is 0 Å². The third-order valence-electron chi connectivity index (χ3n) is 2.60. The van der Waals surface area contributed by atoms with Crippen LogP contribution in [-0.2, 0) is 6.61 Å². The van der Waals surface area contributed by atoms with Gasteiger partial charge in [-0.25, -0.2) is 4.39 Å². The summed E-state index contributed by atoms with van der Waals surface area (Å²) in [5, 5.41) is 7.85. The highest BCUT2D eigenvalue weighted by atomic mass is 79.9. The van der Waals surface area contributed by atoms with E-state index in [0.29, 0.717) is 15.9 Å². The number of rotatable bonds is 3. The summed E-state index contributed by atoms with van der Waals surface area (Å²) in [6.45, 7) is 3.94. The molecule has 1 aromatic heterocycles. The second-order valence-corrected chi connectivity index (χ2v) is 4.89. The molecule has 0 saturated carbocycles. The van der Waals surface area contributed by atoms with Gasteiger partial charge in [0.25, 0.3) is 0 Å². The topological polar surface area (TPSA) is 35.0 Å². The van der Waals surface area contributed by atoms with Crippen LogP contribution in [0, 0.1) is 19.7 Å². The van der Waals surface area contributed by atoms with Crippen LogP contribution in [0.2, 0.25) is 0 Å². The maximum Gasteiger partial charge on any atom is 0.233 e. The van der Waals surface area contributed by atoms with Gasteiger partial charge in [0.1, 0.15) is 12.4 Å². The van der Waals surface area contributed by atoms with Crippen molar-refractivity contribution in [1.29, 1.82) is 0 Å². The van der Waals surface area contributed by atoms with Gasteiger partial charge in [-0.2, -0.15) is 5.10 Å². The van der Waals surface area contributed by atoms with Crippen LogP contribution in [0.4, 0.5) is 4.39 Å². The molecule has 0 unspecified atom stereocenters. The van der Waals surface area contributed by atoms with Gasteiger partial charge in [0, 0.05) is 16.1 Å². The number of aryl methyl sites for hydroxylation is 2. The molecule has 0 aliphatic carbocycles. The summed E-state index contributed by atoms with van der Waals surface area (Å²) in [6, 6.07) is 6.64. The molecule has 1 heterocycles. The number of halogens is 2. The largest absolute Gasteiger partial charge is 0.472 e. The molecule has 0 spiro atoms. The minimum absolute atomic E-state index is 0.135. The van der Waals surface area contributed by atoms with E-state index in [2.05, 4.69) is 26.1 Å². The van der Waals surface area contributed by atoms with Crippen LogP contribution in [0.1, 0.15) is 16.8 Å². The summed E-state index contributed by atoms with van der Waals surface area (Å²) in [6.07, 6.45) is 0. The summed E-state index contributed by atoms with van der Waals surface area (Å²) < 4.78 is 19.7. The monoisotopic (exact) mass is 310 g/mol. The maximum atomic E-state index is 13.6. The van der Waals surface area contributed by atoms with Gasteiger partial charge in [0.15, 0.2) is 0 Å². The molecular formula is C13H12BrFN2O. The normalized spacial score (nSPS) is 10.4. The molecule has 0 radical (unpaired) electrons. The molecular weight excluding hydrogens is 299 g/mol. The van der Waals surface area contributed by atoms with Crippen LogP contribution in [0.3, 0.4) is 0 Å². The van der Waals surface area contributed by atoms with Gasteiger partial charge in [-0.05, 0) is 31.5 Å². The molecule has 18 heavy (non-hydrogen) atoms. The second-order valence-electron chi connectivity index (χ2n) is 3.98. The number of ether oxygens (including phenoxy) is 1. The summed E-state index contributed by atoms with van der Waals surface area (Å²) in [5.41, 5.74) is 2.34. The molecule has 0 N–H and O–H groups in total. The molecule has 94 valence electrons. The molecule has 2 rings (SSSR count). The quantitative estimate of drug-likeness (QED) is 0.869. The zero-order valence-electron chi connectivity index (χ0n) is 10.1. The zero-order valence-corrected chi connectivity index (χ0v) is 11.7. The summed E-state index contributed by atoms with van der Waals surface area (Å²) in [7, 11) is 0. The van der Waals surface area contributed by atoms with Crippen molar-refractivity contribution in [3.8, 4) is 5.88 Å². The smallest absolute Gasteiger partial charge is 0.233 e. The van der Waals surface area contributed by atoms with Crippen molar-refractivity contribution < 1.29 is 9.13 Å². The number of benzene rings is 1. The predicted molar refractivity (Wildman–Crippen MR) is 69.9 cm³/mol. The molecule has 5 heteroatoms. The van der Waals surface area contributed by atoms with Gasteiger partial charge in [-0.15, -0.1) is 5.10 Å². The van der Waals surface area contributed by atoms with Gasteiger partial charge >= 0.3 is 0 Å². The Labute approximate surface area is 113 Å². The Kier molecular flexibility index (Phi) is 3.91. The number of nitrogens with zero attached hydrogens (tertiary/aromatic N) is 2. The van der Waals surface area contributed by atoms with Crippen LogP contribution >= 0.6 is 15.9 Å². The molecule has 0 amide bonds. The Morgan fingerprint density at radius 2 is 2.00 bits per heavy atom. The van der Waals surface area contributed by atoms with Gasteiger partial charge in [0.2, 0.25) is 5.88 Å². The third kappa shape index (κ3) is 3.04. The first kappa shape index (κ1) is 13.0. The molecule has 0 aliphatic heterocycles. The molecule has 0 fully saturated rings. The standard InChI is InChI=1S/C13H12BrFN2O/c1-8-5-13(17-16-9(8)2)18-7-10-3-4-11(14)6-12(10)15/h3-6H,7H2,1-2H3. The Bertz CT molecular complexity index is 575. The van der Waals surface area contributed by atoms with Crippen molar-refractivity contribution in [2.45, 2.75) is 20.5 Å². The summed E-state index contributed by atoms with van der Waals surface area (Å²) in [5.74, 6) is 0.0987. The highest BCUT2D eigenvalue weighted by molar-refractivity contribution is 9.10. The lowest BCUT2D eigenvalue weighted by Gasteiger charge is -2.07. The average Bonchev–Trinajstić information content (AvgIpc) is 2.32. The Morgan fingerprint density at radius 1 is 1.22 bits per heavy atom. The summed E-state index contributed by atoms with van der Waals surface area (Å²) in [4.78, 5) is 0. The Balaban J connectivity index is 2.09. The molecule has 1 aromatic carbocycles. The second kappa shape index (κ2) is 5.44. The highest BCUT2D eigenvalue weighted by Crippen LogP contribution is 2.17. The van der Waals surface area contributed by atoms with E-state index in [1.54, 1.807) is 18.2 Å². The lowest BCUT2D eigenvalue weighted by Crippen LogP contribution is -2.02. The first-order valence-corrected chi connectivity index (χ1v) is 6.23. The molecule has 0 saturated heterocycles. The maximum absolute atomic E-state index is 13.6. The van der Waals surface area contributed by atoms with E-state index < -0.39 is 0 Å². The molecule has 0 bridgehead atoms. The number of aromatic nitrogens is 2. The SMILES string of the molecule is Cc1cc(OCc2ccc(Br)cc2F)nnc1C. The van der Waals surface area contributed by atoms with E-state index in [-0.39, 0.29) is 12.4 Å². The van der Waals surface area contributed by atoms with E-state index in [4.69, 9.17) is 4.74 Å². The molecule has 3 nitrogen and oxygen atoms in total. The third-order valence-corrected chi connectivity index (χ3v) is 3.09. The predicted octanol–water partition coefficient (Wildman–Crippen LogP) is 3.57. The lowest BCUT2D eigenvalue weighted by molar-refractivity contribution is 0.284. The fourth-order valence-electron chi connectivity index (χ4n) is 1.38. The van der Waals surface area contributed by atoms with E-state index in [0.717, 1.165) is 11.3 Å². The van der Waals surface area contributed by atoms with Crippen molar-refractivity contribution in [2.75, 3.05) is 0 Å². The Hall–Kier alpha value is -1.49. The van der Waals surface area contributed by atoms with Gasteiger partial charge < -0.3 is 4.74 Å². The van der Waals surface area contributed by atoms with Crippen LogP contribution in [0.5, 0.6) is 5.88 Å². The van der Waals surface area contributed by atoms with Crippen LogP contribution in [-0.4, -0.2) is 10.2 Å². The van der Waals surface area contributed by atoms with E-state index in [9.17, 15) is 4.39 Å². The van der Waals surface area contributed by atoms with E-state index >= 15 is 0 Å². The Morgan fingerprint density at radius 3 is 2.67 bits per heavy atom. The fourth-order valence-corrected chi connectivity index (χ4v) is 1.72. The van der Waals surface area contributed by atoms with E-state index in [1.807, 2.05) is 13.8 Å². The zero-order chi connectivity index (χ0) is 13.1. The van der Waals surface area contributed by atoms with Gasteiger partial charge in [-0.1, -0.05) is 22.0 Å². The van der Waals surface area contributed by atoms with Gasteiger partial charge in [-0.3, -0.25) is 0 Å². The average molecular weight is 311 g/mol. The minimum atomic E-state index is -0.304. The first-order chi connectivity index (χ1) is 8.56.